The number of nitrogens with one attached hydrogen (secondary N) is 2. The number of ether oxygens (including phenoxy) is 2. The van der Waals surface area contributed by atoms with E-state index in [9.17, 15) is 23.3 Å². The third-order valence-corrected chi connectivity index (χ3v) is 8.30. The second kappa shape index (κ2) is 16.0. The highest BCUT2D eigenvalue weighted by Gasteiger charge is 2.34. The lowest BCUT2D eigenvalue weighted by atomic mass is 10.2. The lowest BCUT2D eigenvalue weighted by molar-refractivity contribution is 0.0634. The van der Waals surface area contributed by atoms with E-state index in [4.69, 9.17) is 34.6 Å². The van der Waals surface area contributed by atoms with Crippen LogP contribution >= 0.6 is 19.4 Å². The third-order valence-electron chi connectivity index (χ3n) is 6.16. The van der Waals surface area contributed by atoms with E-state index in [1.165, 1.54) is 48.8 Å². The number of carbonyl (C=O) groups is 2. The van der Waals surface area contributed by atoms with E-state index in [0.717, 1.165) is 22.8 Å². The highest BCUT2D eigenvalue weighted by molar-refractivity contribution is 7.49. The Kier molecular flexibility index (Phi) is 12.2. The third kappa shape index (κ3) is 10.6. The van der Waals surface area contributed by atoms with Crippen LogP contribution in [0, 0.1) is 11.6 Å². The lowest BCUT2D eigenvalue weighted by Crippen LogP contribution is -2.29. The van der Waals surface area contributed by atoms with E-state index in [1.54, 1.807) is 48.5 Å². The number of anilines is 2. The Morgan fingerprint density at radius 2 is 1.55 bits per heavy atom. The summed E-state index contributed by atoms with van der Waals surface area (Å²) >= 11 is 6.35. The Bertz CT molecular complexity index is 2000. The number of phosphoric ester groups is 1. The number of rotatable bonds is 12. The predicted molar refractivity (Wildman–Crippen MR) is 186 cm³/mol. The molecule has 51 heavy (non-hydrogen) atoms. The number of halogens is 3. The van der Waals surface area contributed by atoms with E-state index in [-0.39, 0.29) is 33.7 Å². The van der Waals surface area contributed by atoms with Crippen molar-refractivity contribution < 1.29 is 46.0 Å². The van der Waals surface area contributed by atoms with Gasteiger partial charge in [-0.15, -0.1) is 0 Å². The Labute approximate surface area is 297 Å². The number of aromatic nitrogens is 2. The molecule has 0 saturated heterocycles. The van der Waals surface area contributed by atoms with Crippen LogP contribution in [0.25, 0.3) is 5.69 Å². The zero-order valence-electron chi connectivity index (χ0n) is 28.7. The topological polar surface area (TPSA) is 156 Å². The molecule has 0 aliphatic rings. The van der Waals surface area contributed by atoms with E-state index >= 15 is 4.39 Å². The zero-order valence-corrected chi connectivity index (χ0v) is 30.3. The molecular weight excluding hydrogens is 713 g/mol. The van der Waals surface area contributed by atoms with Gasteiger partial charge < -0.3 is 19.3 Å². The predicted octanol–water partition coefficient (Wildman–Crippen LogP) is 8.89. The maximum Gasteiger partial charge on any atom is 0.530 e. The van der Waals surface area contributed by atoms with Crippen LogP contribution in [0.1, 0.15) is 58.8 Å². The molecule has 2 amide bonds. The summed E-state index contributed by atoms with van der Waals surface area (Å²) in [6.45, 7) is 11.4. The Morgan fingerprint density at radius 1 is 0.902 bits per heavy atom. The average Bonchev–Trinajstić information content (AvgIpc) is 2.99. The summed E-state index contributed by atoms with van der Waals surface area (Å²) in [6.07, 6.45) is 0.423. The van der Waals surface area contributed by atoms with Crippen LogP contribution in [0.4, 0.5) is 25.1 Å². The van der Waals surface area contributed by atoms with Gasteiger partial charge in [-0.25, -0.2) is 23.1 Å². The van der Waals surface area contributed by atoms with Gasteiger partial charge in [0.1, 0.15) is 22.0 Å². The van der Waals surface area contributed by atoms with Crippen molar-refractivity contribution >= 4 is 42.9 Å². The summed E-state index contributed by atoms with van der Waals surface area (Å²) in [6, 6.07) is 10.8. The highest BCUT2D eigenvalue weighted by atomic mass is 35.5. The van der Waals surface area contributed by atoms with Gasteiger partial charge in [0.05, 0.1) is 12.2 Å². The van der Waals surface area contributed by atoms with Gasteiger partial charge in [0.25, 0.3) is 11.5 Å². The highest BCUT2D eigenvalue weighted by Crippen LogP contribution is 2.52. The van der Waals surface area contributed by atoms with Crippen molar-refractivity contribution in [2.24, 2.45) is 0 Å². The summed E-state index contributed by atoms with van der Waals surface area (Å²) in [7, 11) is -4.39. The molecule has 272 valence electrons. The molecule has 0 spiro atoms. The standard InChI is InChI=1S/C34H36ClF2N4O9P/c1-19(2)48-51(45,49-20(3)4)50-26-15-17-41(23-11-8-21(36)9-12-23)32(43)28(26)31(42)39-22-10-13-25(24(37)18-22)46-27-14-16-38-30(29(27)35)40-33(44)47-34(5,6)7/h8-20H,1-7H3,(H,39,42)(H,38,40,44). The number of amides is 2. The minimum atomic E-state index is -4.39. The molecule has 0 bridgehead atoms. The van der Waals surface area contributed by atoms with Crippen LogP contribution in [-0.4, -0.2) is 39.4 Å². The van der Waals surface area contributed by atoms with E-state index in [2.05, 4.69) is 15.6 Å². The van der Waals surface area contributed by atoms with Gasteiger partial charge in [0.15, 0.2) is 28.9 Å². The van der Waals surface area contributed by atoms with Crippen molar-refractivity contribution in [2.45, 2.75) is 66.3 Å². The van der Waals surface area contributed by atoms with Crippen molar-refractivity contribution in [3.05, 3.63) is 99.6 Å². The van der Waals surface area contributed by atoms with Gasteiger partial charge in [0.2, 0.25) is 0 Å². The molecule has 0 atom stereocenters. The zero-order chi connectivity index (χ0) is 37.7. The van der Waals surface area contributed by atoms with Crippen molar-refractivity contribution in [1.29, 1.82) is 0 Å². The first-order chi connectivity index (χ1) is 23.8. The van der Waals surface area contributed by atoms with Gasteiger partial charge in [-0.3, -0.25) is 28.5 Å². The Balaban J connectivity index is 1.65. The van der Waals surface area contributed by atoms with Crippen molar-refractivity contribution in [3.63, 3.8) is 0 Å². The Hall–Kier alpha value is -4.82. The summed E-state index contributed by atoms with van der Waals surface area (Å²) in [5.41, 5.74) is -2.28. The molecule has 4 rings (SSSR count). The summed E-state index contributed by atoms with van der Waals surface area (Å²) in [4.78, 5) is 43.7. The molecule has 17 heteroatoms. The number of benzene rings is 2. The number of phosphoric acid groups is 1. The first-order valence-corrected chi connectivity index (χ1v) is 17.3. The van der Waals surface area contributed by atoms with Crippen molar-refractivity contribution in [2.75, 3.05) is 10.6 Å². The quantitative estimate of drug-likeness (QED) is 0.134. The van der Waals surface area contributed by atoms with Gasteiger partial charge in [0, 0.05) is 35.9 Å². The molecule has 0 unspecified atom stereocenters. The van der Waals surface area contributed by atoms with Gasteiger partial charge in [-0.2, -0.15) is 0 Å². The maximum absolute atomic E-state index is 15.3. The number of carbonyl (C=O) groups excluding carboxylic acids is 2. The minimum Gasteiger partial charge on any atom is -0.453 e. The molecule has 0 saturated carbocycles. The molecule has 0 radical (unpaired) electrons. The van der Waals surface area contributed by atoms with Crippen molar-refractivity contribution in [1.82, 2.24) is 9.55 Å². The molecule has 4 aromatic rings. The second-order valence-electron chi connectivity index (χ2n) is 12.4. The van der Waals surface area contributed by atoms with Crippen LogP contribution < -0.4 is 25.5 Å². The van der Waals surface area contributed by atoms with Gasteiger partial charge in [-0.05, 0) is 90.9 Å². The maximum atomic E-state index is 15.3. The molecule has 2 aromatic heterocycles. The molecule has 0 fully saturated rings. The number of hydrogen-bond acceptors (Lipinski definition) is 10. The molecule has 0 aliphatic carbocycles. The average molecular weight is 749 g/mol. The summed E-state index contributed by atoms with van der Waals surface area (Å²) in [5.74, 6) is -3.50. The summed E-state index contributed by atoms with van der Waals surface area (Å²) < 4.78 is 70.9. The fraction of sp³-hybridized carbons (Fsp3) is 0.294. The van der Waals surface area contributed by atoms with E-state index in [1.807, 2.05) is 0 Å². The largest absolute Gasteiger partial charge is 0.530 e. The van der Waals surface area contributed by atoms with E-state index in [0.29, 0.717) is 0 Å². The van der Waals surface area contributed by atoms with Crippen LogP contribution in [0.5, 0.6) is 17.2 Å². The van der Waals surface area contributed by atoms with Crippen molar-refractivity contribution in [3.8, 4) is 22.9 Å². The van der Waals surface area contributed by atoms with E-state index < -0.39 is 66.1 Å². The molecule has 2 aromatic carbocycles. The number of hydrogen-bond donors (Lipinski definition) is 2. The van der Waals surface area contributed by atoms with Crippen LogP contribution in [0.3, 0.4) is 0 Å². The fourth-order valence-corrected chi connectivity index (χ4v) is 6.04. The molecule has 0 aliphatic heterocycles. The van der Waals surface area contributed by atoms with Gasteiger partial charge in [-0.1, -0.05) is 11.6 Å². The smallest absolute Gasteiger partial charge is 0.453 e. The number of nitrogens with zero attached hydrogens (tertiary/aromatic N) is 2. The molecule has 2 heterocycles. The Morgan fingerprint density at radius 3 is 2.14 bits per heavy atom. The SMILES string of the molecule is CC(C)OP(=O)(Oc1ccn(-c2ccc(F)cc2)c(=O)c1C(=O)Nc1ccc(Oc2ccnc(NC(=O)OC(C)(C)C)c2Cl)c(F)c1)OC(C)C. The molecule has 2 N–H and O–H groups in total. The molecular formula is C34H36ClF2N4O9P. The monoisotopic (exact) mass is 748 g/mol. The summed E-state index contributed by atoms with van der Waals surface area (Å²) in [5, 5.41) is 4.69. The minimum absolute atomic E-state index is 0.0579. The van der Waals surface area contributed by atoms with Crippen LogP contribution in [-0.2, 0) is 18.3 Å². The lowest BCUT2D eigenvalue weighted by Gasteiger charge is -2.23. The number of pyridine rings is 2. The molecule has 13 nitrogen and oxygen atoms in total. The first kappa shape index (κ1) is 39.0. The fourth-order valence-electron chi connectivity index (χ4n) is 4.28. The van der Waals surface area contributed by atoms with Crippen LogP contribution in [0.15, 0.2) is 71.8 Å². The van der Waals surface area contributed by atoms with Crippen LogP contribution in [0.2, 0.25) is 5.02 Å². The van der Waals surface area contributed by atoms with Gasteiger partial charge >= 0.3 is 13.9 Å². The second-order valence-corrected chi connectivity index (χ2v) is 14.2. The normalized spacial score (nSPS) is 11.8. The first-order valence-electron chi connectivity index (χ1n) is 15.5.